The first-order valence-electron chi connectivity index (χ1n) is 8.19. The van der Waals surface area contributed by atoms with E-state index in [0.717, 1.165) is 24.2 Å². The van der Waals surface area contributed by atoms with E-state index in [1.807, 2.05) is 0 Å². The molecule has 2 heterocycles. The Morgan fingerprint density at radius 2 is 1.92 bits per heavy atom. The molecule has 1 aromatic carbocycles. The van der Waals surface area contributed by atoms with Crippen LogP contribution in [0, 0.1) is 5.82 Å². The summed E-state index contributed by atoms with van der Waals surface area (Å²) in [6.07, 6.45) is 3.28. The largest absolute Gasteiger partial charge is 0.420 e. The highest BCUT2D eigenvalue weighted by Crippen LogP contribution is 2.37. The Labute approximate surface area is 154 Å². The Balaban J connectivity index is 1.47. The number of nitrogens with one attached hydrogen (secondary N) is 1. The van der Waals surface area contributed by atoms with E-state index in [9.17, 15) is 12.8 Å². The molecule has 0 unspecified atom stereocenters. The van der Waals surface area contributed by atoms with Crippen LogP contribution in [-0.2, 0) is 16.6 Å². The molecule has 2 aromatic heterocycles. The van der Waals surface area contributed by atoms with Crippen LogP contribution in [0.2, 0.25) is 0 Å². The Hall–Kier alpha value is -2.10. The number of nitrogens with zero attached hydrogens (tertiary/aromatic N) is 2. The predicted octanol–water partition coefficient (Wildman–Crippen LogP) is 3.68. The summed E-state index contributed by atoms with van der Waals surface area (Å²) in [6.45, 7) is 0.0855. The molecule has 136 valence electrons. The van der Waals surface area contributed by atoms with Gasteiger partial charge in [-0.25, -0.2) is 17.5 Å². The molecule has 0 atom stereocenters. The summed E-state index contributed by atoms with van der Waals surface area (Å²) in [5, 5.41) is 8.09. The van der Waals surface area contributed by atoms with Crippen LogP contribution >= 0.6 is 11.3 Å². The van der Waals surface area contributed by atoms with E-state index in [4.69, 9.17) is 4.42 Å². The van der Waals surface area contributed by atoms with Gasteiger partial charge in [0.05, 0.1) is 4.88 Å². The Bertz CT molecular complexity index is 1010. The number of sulfonamides is 1. The average Bonchev–Trinajstić information content (AvgIpc) is 3.22. The lowest BCUT2D eigenvalue weighted by Crippen LogP contribution is -2.22. The maximum Gasteiger partial charge on any atom is 0.257 e. The van der Waals surface area contributed by atoms with Crippen LogP contribution in [0.25, 0.3) is 10.8 Å². The van der Waals surface area contributed by atoms with Gasteiger partial charge in [0, 0.05) is 12.5 Å². The van der Waals surface area contributed by atoms with Gasteiger partial charge in [-0.15, -0.1) is 21.5 Å². The van der Waals surface area contributed by atoms with E-state index >= 15 is 0 Å². The molecule has 0 saturated heterocycles. The lowest BCUT2D eigenvalue weighted by Gasteiger charge is -2.20. The molecule has 9 heteroatoms. The van der Waals surface area contributed by atoms with E-state index in [2.05, 4.69) is 14.9 Å². The second kappa shape index (κ2) is 6.90. The highest BCUT2D eigenvalue weighted by molar-refractivity contribution is 7.91. The molecule has 6 nitrogen and oxygen atoms in total. The van der Waals surface area contributed by atoms with Gasteiger partial charge in [-0.05, 0) is 42.7 Å². The first kappa shape index (κ1) is 17.3. The molecule has 1 saturated carbocycles. The molecule has 1 N–H and O–H groups in total. The predicted molar refractivity (Wildman–Crippen MR) is 94.6 cm³/mol. The monoisotopic (exact) mass is 393 g/mol. The van der Waals surface area contributed by atoms with Gasteiger partial charge in [-0.3, -0.25) is 0 Å². The zero-order valence-electron chi connectivity index (χ0n) is 13.7. The zero-order chi connectivity index (χ0) is 18.1. The van der Waals surface area contributed by atoms with Crippen molar-refractivity contribution in [3.63, 3.8) is 0 Å². The third-order valence-electron chi connectivity index (χ3n) is 4.33. The number of aromatic nitrogens is 2. The maximum atomic E-state index is 12.9. The number of hydrogen-bond donors (Lipinski definition) is 1. The van der Waals surface area contributed by atoms with Gasteiger partial charge >= 0.3 is 0 Å². The number of hydrogen-bond acceptors (Lipinski definition) is 6. The molecule has 4 rings (SSSR count). The lowest BCUT2D eigenvalue weighted by molar-refractivity contribution is 0.338. The van der Waals surface area contributed by atoms with Crippen LogP contribution in [0.5, 0.6) is 0 Å². The first-order valence-corrected chi connectivity index (χ1v) is 10.5. The summed E-state index contributed by atoms with van der Waals surface area (Å²) in [6, 6.07) is 8.84. The Kier molecular flexibility index (Phi) is 4.60. The van der Waals surface area contributed by atoms with Crippen molar-refractivity contribution in [3.05, 3.63) is 53.7 Å². The molecule has 1 aliphatic carbocycles. The highest BCUT2D eigenvalue weighted by atomic mass is 32.2. The van der Waals surface area contributed by atoms with E-state index in [1.165, 1.54) is 36.8 Å². The standard InChI is InChI=1S/C17H16FN3O3S2/c18-13-6-4-11(5-7-13)10-19-26(22,23)15-9-8-14(25-15)17-21-20-16(24-17)12-2-1-3-12/h4-9,12,19H,1-3,10H2. The molecular formula is C17H16FN3O3S2. The van der Waals surface area contributed by atoms with Gasteiger partial charge in [0.1, 0.15) is 10.0 Å². The molecule has 0 amide bonds. The fourth-order valence-corrected chi connectivity index (χ4v) is 4.88. The fraction of sp³-hybridized carbons (Fsp3) is 0.294. The molecule has 1 aliphatic rings. The van der Waals surface area contributed by atoms with Gasteiger partial charge in [0.2, 0.25) is 15.9 Å². The van der Waals surface area contributed by atoms with Crippen molar-refractivity contribution < 1.29 is 17.2 Å². The maximum absolute atomic E-state index is 12.9. The summed E-state index contributed by atoms with van der Waals surface area (Å²) in [5.41, 5.74) is 0.675. The fourth-order valence-electron chi connectivity index (χ4n) is 2.59. The summed E-state index contributed by atoms with van der Waals surface area (Å²) >= 11 is 1.07. The minimum absolute atomic E-state index is 0.0855. The minimum atomic E-state index is -3.67. The molecule has 3 aromatic rings. The zero-order valence-corrected chi connectivity index (χ0v) is 15.3. The van der Waals surface area contributed by atoms with Gasteiger partial charge < -0.3 is 4.42 Å². The normalized spacial score (nSPS) is 15.1. The third-order valence-corrected chi connectivity index (χ3v) is 7.30. The van der Waals surface area contributed by atoms with Gasteiger partial charge in [-0.2, -0.15) is 0 Å². The van der Waals surface area contributed by atoms with Crippen molar-refractivity contribution in [2.75, 3.05) is 0 Å². The van der Waals surface area contributed by atoms with Gasteiger partial charge in [0.25, 0.3) is 5.89 Å². The van der Waals surface area contributed by atoms with Gasteiger partial charge in [-0.1, -0.05) is 18.6 Å². The van der Waals surface area contributed by atoms with Crippen LogP contribution in [0.1, 0.15) is 36.6 Å². The van der Waals surface area contributed by atoms with Crippen molar-refractivity contribution >= 4 is 21.4 Å². The number of thiophene rings is 1. The van der Waals surface area contributed by atoms with Crippen molar-refractivity contribution in [2.24, 2.45) is 0 Å². The van der Waals surface area contributed by atoms with Crippen LogP contribution in [0.4, 0.5) is 4.39 Å². The summed E-state index contributed by atoms with van der Waals surface area (Å²) in [5.74, 6) is 0.938. The Morgan fingerprint density at radius 1 is 1.15 bits per heavy atom. The summed E-state index contributed by atoms with van der Waals surface area (Å²) in [7, 11) is -3.67. The summed E-state index contributed by atoms with van der Waals surface area (Å²) in [4.78, 5) is 0.616. The molecule has 0 aliphatic heterocycles. The van der Waals surface area contributed by atoms with Crippen LogP contribution in [0.3, 0.4) is 0 Å². The van der Waals surface area contributed by atoms with Crippen molar-refractivity contribution in [2.45, 2.75) is 35.9 Å². The topological polar surface area (TPSA) is 85.1 Å². The molecule has 26 heavy (non-hydrogen) atoms. The Morgan fingerprint density at radius 3 is 2.62 bits per heavy atom. The lowest BCUT2D eigenvalue weighted by atomic mass is 9.85. The highest BCUT2D eigenvalue weighted by Gasteiger charge is 2.26. The SMILES string of the molecule is O=S(=O)(NCc1ccc(F)cc1)c1ccc(-c2nnc(C3CCC3)o2)s1. The minimum Gasteiger partial charge on any atom is -0.420 e. The molecule has 0 bridgehead atoms. The number of benzene rings is 1. The van der Waals surface area contributed by atoms with Crippen molar-refractivity contribution in [3.8, 4) is 10.8 Å². The first-order chi connectivity index (χ1) is 12.5. The third kappa shape index (κ3) is 3.55. The molecule has 0 radical (unpaired) electrons. The van der Waals surface area contributed by atoms with Crippen LogP contribution in [0.15, 0.2) is 45.0 Å². The van der Waals surface area contributed by atoms with Gasteiger partial charge in [0.15, 0.2) is 0 Å². The average molecular weight is 393 g/mol. The van der Waals surface area contributed by atoms with E-state index in [0.29, 0.717) is 28.1 Å². The van der Waals surface area contributed by atoms with Crippen LogP contribution in [-0.4, -0.2) is 18.6 Å². The smallest absolute Gasteiger partial charge is 0.257 e. The van der Waals surface area contributed by atoms with Crippen molar-refractivity contribution in [1.29, 1.82) is 0 Å². The molecular weight excluding hydrogens is 377 g/mol. The summed E-state index contributed by atoms with van der Waals surface area (Å²) < 4.78 is 46.2. The molecule has 0 spiro atoms. The number of halogens is 1. The second-order valence-electron chi connectivity index (χ2n) is 6.14. The van der Waals surface area contributed by atoms with E-state index < -0.39 is 10.0 Å². The quantitative estimate of drug-likeness (QED) is 0.690. The second-order valence-corrected chi connectivity index (χ2v) is 9.22. The van der Waals surface area contributed by atoms with E-state index in [-0.39, 0.29) is 16.6 Å². The number of rotatable bonds is 6. The van der Waals surface area contributed by atoms with Crippen LogP contribution < -0.4 is 4.72 Å². The molecule has 1 fully saturated rings. The van der Waals surface area contributed by atoms with E-state index in [1.54, 1.807) is 6.07 Å². The van der Waals surface area contributed by atoms with Crippen molar-refractivity contribution in [1.82, 2.24) is 14.9 Å².